The van der Waals surface area contributed by atoms with Gasteiger partial charge < -0.3 is 19.7 Å². The number of alkyl halides is 3. The van der Waals surface area contributed by atoms with E-state index in [1.165, 1.54) is 23.1 Å². The lowest BCUT2D eigenvalue weighted by Gasteiger charge is -2.18. The first-order valence-electron chi connectivity index (χ1n) is 6.63. The molecule has 9 heteroatoms. The molecule has 1 rings (SSSR count). The smallest absolute Gasteiger partial charge is 0.422 e. The molecule has 0 fully saturated rings. The van der Waals surface area contributed by atoms with Crippen LogP contribution in [0, 0.1) is 0 Å². The lowest BCUT2D eigenvalue weighted by molar-refractivity contribution is -0.153. The Labute approximate surface area is 139 Å². The van der Waals surface area contributed by atoms with Crippen molar-refractivity contribution in [3.63, 3.8) is 0 Å². The molecule has 0 aromatic heterocycles. The van der Waals surface area contributed by atoms with E-state index >= 15 is 0 Å². The number of nitrogens with zero attached hydrogens (tertiary/aromatic N) is 1. The summed E-state index contributed by atoms with van der Waals surface area (Å²) in [6.45, 7) is -0.547. The number of hydrogen-bond acceptors (Lipinski definition) is 4. The van der Waals surface area contributed by atoms with Crippen molar-refractivity contribution < 1.29 is 27.4 Å². The first-order valence-corrected chi connectivity index (χ1v) is 6.63. The Morgan fingerprint density at radius 2 is 1.78 bits per heavy atom. The van der Waals surface area contributed by atoms with E-state index < -0.39 is 12.8 Å². The molecule has 0 saturated heterocycles. The van der Waals surface area contributed by atoms with Gasteiger partial charge in [-0.05, 0) is 19.2 Å². The average Bonchev–Trinajstić information content (AvgIpc) is 2.48. The molecule has 0 heterocycles. The lowest BCUT2D eigenvalue weighted by atomic mass is 10.3. The molecule has 132 valence electrons. The summed E-state index contributed by atoms with van der Waals surface area (Å²) in [7, 11) is 3.39. The summed E-state index contributed by atoms with van der Waals surface area (Å²) >= 11 is 0. The number of ether oxygens (including phenoxy) is 2. The van der Waals surface area contributed by atoms with Gasteiger partial charge in [0, 0.05) is 20.1 Å². The van der Waals surface area contributed by atoms with Crippen LogP contribution in [-0.2, 0) is 4.79 Å². The normalized spacial score (nSPS) is 10.7. The van der Waals surface area contributed by atoms with Crippen molar-refractivity contribution in [2.24, 2.45) is 0 Å². The highest BCUT2D eigenvalue weighted by Gasteiger charge is 2.29. The second-order valence-electron chi connectivity index (χ2n) is 4.56. The molecule has 0 aliphatic carbocycles. The van der Waals surface area contributed by atoms with Gasteiger partial charge in [0.15, 0.2) is 24.7 Å². The number of carbonyl (C=O) groups excluding carboxylic acids is 1. The predicted octanol–water partition coefficient (Wildman–Crippen LogP) is 2.11. The molecular formula is C14H20ClF3N2O3. The molecule has 0 aliphatic heterocycles. The first kappa shape index (κ1) is 21.3. The van der Waals surface area contributed by atoms with Crippen molar-refractivity contribution in [3.8, 4) is 11.5 Å². The zero-order valence-electron chi connectivity index (χ0n) is 12.9. The number of rotatable bonds is 8. The minimum Gasteiger partial charge on any atom is -0.480 e. The number of benzene rings is 1. The number of hydrogen-bond donors (Lipinski definition) is 1. The van der Waals surface area contributed by atoms with Crippen molar-refractivity contribution in [1.29, 1.82) is 0 Å². The van der Waals surface area contributed by atoms with Gasteiger partial charge in [-0.1, -0.05) is 12.1 Å². The fraction of sp³-hybridized carbons (Fsp3) is 0.500. The maximum atomic E-state index is 12.2. The van der Waals surface area contributed by atoms with Crippen LogP contribution in [0.3, 0.4) is 0 Å². The molecule has 0 radical (unpaired) electrons. The van der Waals surface area contributed by atoms with Crippen LogP contribution >= 0.6 is 12.4 Å². The van der Waals surface area contributed by atoms with Crippen LogP contribution in [0.15, 0.2) is 24.3 Å². The predicted molar refractivity (Wildman–Crippen MR) is 82.3 cm³/mol. The van der Waals surface area contributed by atoms with E-state index in [-0.39, 0.29) is 36.4 Å². The molecule has 5 nitrogen and oxygen atoms in total. The SMILES string of the molecule is CNCCN(C)C(=O)COc1ccccc1OCC(F)(F)F.Cl. The van der Waals surface area contributed by atoms with Gasteiger partial charge in [-0.15, -0.1) is 12.4 Å². The molecule has 1 aromatic carbocycles. The van der Waals surface area contributed by atoms with Crippen LogP contribution in [-0.4, -0.2) is 57.4 Å². The highest BCUT2D eigenvalue weighted by molar-refractivity contribution is 5.85. The molecule has 0 unspecified atom stereocenters. The zero-order valence-corrected chi connectivity index (χ0v) is 13.7. The molecule has 1 amide bonds. The van der Waals surface area contributed by atoms with E-state index in [0.29, 0.717) is 13.1 Å². The Bertz CT molecular complexity index is 487. The van der Waals surface area contributed by atoms with Gasteiger partial charge in [-0.2, -0.15) is 13.2 Å². The number of amides is 1. The minimum absolute atomic E-state index is 0. The third kappa shape index (κ3) is 8.51. The summed E-state index contributed by atoms with van der Waals surface area (Å²) in [5.74, 6) is -0.228. The summed E-state index contributed by atoms with van der Waals surface area (Å²) in [5.41, 5.74) is 0. The number of carbonyl (C=O) groups is 1. The molecule has 1 N–H and O–H groups in total. The van der Waals surface area contributed by atoms with Gasteiger partial charge in [0.25, 0.3) is 5.91 Å². The minimum atomic E-state index is -4.43. The van der Waals surface area contributed by atoms with Crippen molar-refractivity contribution in [3.05, 3.63) is 24.3 Å². The second-order valence-corrected chi connectivity index (χ2v) is 4.56. The van der Waals surface area contributed by atoms with Crippen LogP contribution in [0.2, 0.25) is 0 Å². The Hall–Kier alpha value is -1.67. The summed E-state index contributed by atoms with van der Waals surface area (Å²) in [6.07, 6.45) is -4.43. The van der Waals surface area contributed by atoms with Crippen LogP contribution in [0.5, 0.6) is 11.5 Å². The summed E-state index contributed by atoms with van der Waals surface area (Å²) in [6, 6.07) is 5.92. The highest BCUT2D eigenvalue weighted by atomic mass is 35.5. The van der Waals surface area contributed by atoms with Crippen LogP contribution < -0.4 is 14.8 Å². The van der Waals surface area contributed by atoms with E-state index in [1.807, 2.05) is 0 Å². The number of nitrogens with one attached hydrogen (secondary N) is 1. The zero-order chi connectivity index (χ0) is 16.6. The lowest BCUT2D eigenvalue weighted by Crippen LogP contribution is -2.35. The van der Waals surface area contributed by atoms with Gasteiger partial charge in [-0.25, -0.2) is 0 Å². The molecule has 0 atom stereocenters. The van der Waals surface area contributed by atoms with Crippen LogP contribution in [0.4, 0.5) is 13.2 Å². The molecular weight excluding hydrogens is 337 g/mol. The third-order valence-corrected chi connectivity index (χ3v) is 2.71. The van der Waals surface area contributed by atoms with E-state index in [1.54, 1.807) is 20.2 Å². The number of halogens is 4. The summed E-state index contributed by atoms with van der Waals surface area (Å²) in [4.78, 5) is 13.3. The van der Waals surface area contributed by atoms with Gasteiger partial charge >= 0.3 is 6.18 Å². The average molecular weight is 357 g/mol. The Morgan fingerprint density at radius 1 is 1.22 bits per heavy atom. The standard InChI is InChI=1S/C14H19F3N2O3.ClH/c1-18-7-8-19(2)13(20)9-21-11-5-3-4-6-12(11)22-10-14(15,16)17;/h3-6,18H,7-10H2,1-2H3;1H. The second kappa shape index (κ2) is 10.2. The first-order chi connectivity index (χ1) is 10.3. The van der Waals surface area contributed by atoms with Crippen molar-refractivity contribution in [2.75, 3.05) is 40.4 Å². The van der Waals surface area contributed by atoms with E-state index in [4.69, 9.17) is 4.74 Å². The maximum absolute atomic E-state index is 12.2. The largest absolute Gasteiger partial charge is 0.480 e. The molecule has 0 bridgehead atoms. The molecule has 0 aliphatic rings. The summed E-state index contributed by atoms with van der Waals surface area (Å²) in [5, 5.41) is 2.91. The van der Waals surface area contributed by atoms with Crippen LogP contribution in [0.1, 0.15) is 0 Å². The fourth-order valence-corrected chi connectivity index (χ4v) is 1.50. The third-order valence-electron chi connectivity index (χ3n) is 2.71. The van der Waals surface area contributed by atoms with Crippen molar-refractivity contribution in [1.82, 2.24) is 10.2 Å². The molecule has 0 saturated carbocycles. The highest BCUT2D eigenvalue weighted by Crippen LogP contribution is 2.28. The summed E-state index contributed by atoms with van der Waals surface area (Å²) < 4.78 is 46.5. The van der Waals surface area contributed by atoms with Gasteiger partial charge in [0.1, 0.15) is 0 Å². The van der Waals surface area contributed by atoms with Gasteiger partial charge in [0.05, 0.1) is 0 Å². The van der Waals surface area contributed by atoms with Crippen molar-refractivity contribution in [2.45, 2.75) is 6.18 Å². The fourth-order valence-electron chi connectivity index (χ4n) is 1.50. The van der Waals surface area contributed by atoms with E-state index in [9.17, 15) is 18.0 Å². The number of para-hydroxylation sites is 2. The van der Waals surface area contributed by atoms with Gasteiger partial charge in [0.2, 0.25) is 0 Å². The molecule has 0 spiro atoms. The van der Waals surface area contributed by atoms with Crippen LogP contribution in [0.25, 0.3) is 0 Å². The molecule has 23 heavy (non-hydrogen) atoms. The number of likely N-dealkylation sites (N-methyl/N-ethyl adjacent to an activating group) is 2. The maximum Gasteiger partial charge on any atom is 0.422 e. The Balaban J connectivity index is 0.00000484. The Morgan fingerprint density at radius 3 is 2.30 bits per heavy atom. The Kier molecular flexibility index (Phi) is 9.43. The van der Waals surface area contributed by atoms with Crippen molar-refractivity contribution >= 4 is 18.3 Å². The quantitative estimate of drug-likeness (QED) is 0.775. The van der Waals surface area contributed by atoms with Gasteiger partial charge in [-0.3, -0.25) is 4.79 Å². The monoisotopic (exact) mass is 356 g/mol. The van der Waals surface area contributed by atoms with E-state index in [2.05, 4.69) is 10.1 Å². The molecule has 1 aromatic rings. The van der Waals surface area contributed by atoms with E-state index in [0.717, 1.165) is 0 Å². The topological polar surface area (TPSA) is 50.8 Å².